The third kappa shape index (κ3) is 2.80. The first-order valence-corrected chi connectivity index (χ1v) is 7.75. The van der Waals surface area contributed by atoms with Gasteiger partial charge in [0.2, 0.25) is 0 Å². The Kier molecular flexibility index (Phi) is 3.72. The van der Waals surface area contributed by atoms with Crippen molar-refractivity contribution in [1.82, 2.24) is 0 Å². The summed E-state index contributed by atoms with van der Waals surface area (Å²) in [6.45, 7) is 0. The van der Waals surface area contributed by atoms with E-state index in [-0.39, 0.29) is 5.25 Å². The Morgan fingerprint density at radius 1 is 1.06 bits per heavy atom. The highest BCUT2D eigenvalue weighted by molar-refractivity contribution is 7.92. The summed E-state index contributed by atoms with van der Waals surface area (Å²) in [5.41, 5.74) is 6.16. The second kappa shape index (κ2) is 5.08. The summed E-state index contributed by atoms with van der Waals surface area (Å²) in [5, 5.41) is -0.216. The van der Waals surface area contributed by atoms with E-state index in [9.17, 15) is 8.42 Å². The number of sulfone groups is 1. The van der Waals surface area contributed by atoms with Crippen molar-refractivity contribution in [2.24, 2.45) is 0 Å². The molecular formula is C13H19NO2S. The van der Waals surface area contributed by atoms with Gasteiger partial charge in [0, 0.05) is 5.69 Å². The van der Waals surface area contributed by atoms with Crippen LogP contribution >= 0.6 is 0 Å². The number of benzene rings is 1. The van der Waals surface area contributed by atoms with Crippen LogP contribution in [0.3, 0.4) is 0 Å². The highest BCUT2D eigenvalue weighted by Crippen LogP contribution is 2.28. The Hall–Kier alpha value is -1.03. The summed E-state index contributed by atoms with van der Waals surface area (Å²) in [4.78, 5) is 0.379. The lowest BCUT2D eigenvalue weighted by Crippen LogP contribution is -2.20. The van der Waals surface area contributed by atoms with Crippen LogP contribution in [-0.4, -0.2) is 13.7 Å². The van der Waals surface area contributed by atoms with Gasteiger partial charge in [-0.15, -0.1) is 0 Å². The zero-order valence-corrected chi connectivity index (χ0v) is 10.7. The fraction of sp³-hybridized carbons (Fsp3) is 0.538. The predicted octanol–water partition coefficient (Wildman–Crippen LogP) is 2.77. The highest BCUT2D eigenvalue weighted by Gasteiger charge is 2.27. The maximum absolute atomic E-state index is 12.4. The third-order valence-corrected chi connectivity index (χ3v) is 5.69. The van der Waals surface area contributed by atoms with Crippen molar-refractivity contribution in [2.45, 2.75) is 48.7 Å². The molecule has 2 rings (SSSR count). The van der Waals surface area contributed by atoms with Gasteiger partial charge in [0.25, 0.3) is 0 Å². The van der Waals surface area contributed by atoms with Gasteiger partial charge < -0.3 is 5.73 Å². The molecule has 0 heterocycles. The number of hydrogen-bond donors (Lipinski definition) is 1. The molecule has 1 aliphatic rings. The van der Waals surface area contributed by atoms with Crippen LogP contribution in [0.5, 0.6) is 0 Å². The predicted molar refractivity (Wildman–Crippen MR) is 69.5 cm³/mol. The van der Waals surface area contributed by atoms with Crippen molar-refractivity contribution in [3.63, 3.8) is 0 Å². The molecule has 94 valence electrons. The number of nitrogens with two attached hydrogens (primary N) is 1. The van der Waals surface area contributed by atoms with Crippen LogP contribution in [0.2, 0.25) is 0 Å². The lowest BCUT2D eigenvalue weighted by Gasteiger charge is -2.15. The molecule has 1 aliphatic carbocycles. The van der Waals surface area contributed by atoms with Gasteiger partial charge in [-0.1, -0.05) is 31.7 Å². The monoisotopic (exact) mass is 253 g/mol. The van der Waals surface area contributed by atoms with Crippen LogP contribution in [0.1, 0.15) is 38.5 Å². The van der Waals surface area contributed by atoms with E-state index >= 15 is 0 Å². The van der Waals surface area contributed by atoms with Gasteiger partial charge in [-0.05, 0) is 31.0 Å². The van der Waals surface area contributed by atoms with Crippen molar-refractivity contribution < 1.29 is 8.42 Å². The Balaban J connectivity index is 2.28. The number of hydrogen-bond acceptors (Lipinski definition) is 3. The second-order valence-corrected chi connectivity index (χ2v) is 6.96. The first-order valence-electron chi connectivity index (χ1n) is 6.20. The van der Waals surface area contributed by atoms with Crippen LogP contribution in [0.25, 0.3) is 0 Å². The van der Waals surface area contributed by atoms with Crippen molar-refractivity contribution in [2.75, 3.05) is 5.73 Å². The molecule has 1 saturated carbocycles. The lowest BCUT2D eigenvalue weighted by atomic mass is 10.2. The molecule has 1 fully saturated rings. The van der Waals surface area contributed by atoms with E-state index < -0.39 is 9.84 Å². The average Bonchev–Trinajstić information content (AvgIpc) is 2.58. The molecule has 4 heteroatoms. The van der Waals surface area contributed by atoms with Gasteiger partial charge in [-0.25, -0.2) is 8.42 Å². The van der Waals surface area contributed by atoms with Crippen LogP contribution in [0, 0.1) is 0 Å². The summed E-state index contributed by atoms with van der Waals surface area (Å²) in [7, 11) is -3.19. The Bertz CT molecular complexity index is 474. The second-order valence-electron chi connectivity index (χ2n) is 4.73. The SMILES string of the molecule is Nc1cccc(S(=O)(=O)C2CCCCCC2)c1. The van der Waals surface area contributed by atoms with E-state index in [1.54, 1.807) is 24.3 Å². The molecule has 1 aromatic rings. The van der Waals surface area contributed by atoms with Gasteiger partial charge in [-0.3, -0.25) is 0 Å². The summed E-state index contributed by atoms with van der Waals surface area (Å²) in [6, 6.07) is 6.64. The van der Waals surface area contributed by atoms with Gasteiger partial charge >= 0.3 is 0 Å². The zero-order valence-electron chi connectivity index (χ0n) is 9.93. The van der Waals surface area contributed by atoms with Gasteiger partial charge in [0.15, 0.2) is 9.84 Å². The molecule has 0 radical (unpaired) electrons. The maximum atomic E-state index is 12.4. The fourth-order valence-corrected chi connectivity index (χ4v) is 4.34. The third-order valence-electron chi connectivity index (χ3n) is 3.43. The van der Waals surface area contributed by atoms with E-state index in [4.69, 9.17) is 5.73 Å². The first-order chi connectivity index (χ1) is 8.10. The normalized spacial score (nSPS) is 18.8. The molecule has 3 nitrogen and oxygen atoms in total. The minimum Gasteiger partial charge on any atom is -0.399 e. The topological polar surface area (TPSA) is 60.2 Å². The minimum atomic E-state index is -3.19. The van der Waals surface area contributed by atoms with Crippen molar-refractivity contribution in [3.8, 4) is 0 Å². The Morgan fingerprint density at radius 2 is 1.71 bits per heavy atom. The quantitative estimate of drug-likeness (QED) is 0.651. The van der Waals surface area contributed by atoms with Crippen LogP contribution in [0.4, 0.5) is 5.69 Å². The molecule has 0 amide bonds. The molecule has 17 heavy (non-hydrogen) atoms. The summed E-state index contributed by atoms with van der Waals surface area (Å²) >= 11 is 0. The van der Waals surface area contributed by atoms with E-state index in [0.717, 1.165) is 38.5 Å². The van der Waals surface area contributed by atoms with Crippen molar-refractivity contribution in [3.05, 3.63) is 24.3 Å². The maximum Gasteiger partial charge on any atom is 0.181 e. The number of anilines is 1. The molecule has 2 N–H and O–H groups in total. The van der Waals surface area contributed by atoms with Crippen LogP contribution < -0.4 is 5.73 Å². The van der Waals surface area contributed by atoms with Crippen LogP contribution in [0.15, 0.2) is 29.2 Å². The molecule has 0 aliphatic heterocycles. The molecule has 1 aromatic carbocycles. The standard InChI is InChI=1S/C13H19NO2S/c14-11-6-5-9-13(10-11)17(15,16)12-7-3-1-2-4-8-12/h5-6,9-10,12H,1-4,7-8,14H2. The Labute approximate surface area is 103 Å². The first kappa shape index (κ1) is 12.4. The molecule has 0 spiro atoms. The van der Waals surface area contributed by atoms with E-state index in [1.165, 1.54) is 0 Å². The van der Waals surface area contributed by atoms with Crippen molar-refractivity contribution in [1.29, 1.82) is 0 Å². The average molecular weight is 253 g/mol. The molecule has 0 saturated heterocycles. The molecule has 0 unspecified atom stereocenters. The minimum absolute atomic E-state index is 0.216. The lowest BCUT2D eigenvalue weighted by molar-refractivity contribution is 0.563. The molecule has 0 bridgehead atoms. The molecule has 0 aromatic heterocycles. The van der Waals surface area contributed by atoms with E-state index in [1.807, 2.05) is 0 Å². The number of nitrogen functional groups attached to an aromatic ring is 1. The van der Waals surface area contributed by atoms with Crippen LogP contribution in [-0.2, 0) is 9.84 Å². The van der Waals surface area contributed by atoms with E-state index in [2.05, 4.69) is 0 Å². The van der Waals surface area contributed by atoms with Gasteiger partial charge in [0.05, 0.1) is 10.1 Å². The summed E-state index contributed by atoms with van der Waals surface area (Å²) in [6.07, 6.45) is 5.93. The number of rotatable bonds is 2. The fourth-order valence-electron chi connectivity index (χ4n) is 2.44. The smallest absolute Gasteiger partial charge is 0.181 e. The zero-order chi connectivity index (χ0) is 12.3. The van der Waals surface area contributed by atoms with E-state index in [0.29, 0.717) is 10.6 Å². The van der Waals surface area contributed by atoms with Gasteiger partial charge in [0.1, 0.15) is 0 Å². The molecular weight excluding hydrogens is 234 g/mol. The highest BCUT2D eigenvalue weighted by atomic mass is 32.2. The van der Waals surface area contributed by atoms with Crippen molar-refractivity contribution >= 4 is 15.5 Å². The largest absolute Gasteiger partial charge is 0.399 e. The Morgan fingerprint density at radius 3 is 2.29 bits per heavy atom. The van der Waals surface area contributed by atoms with Gasteiger partial charge in [-0.2, -0.15) is 0 Å². The molecule has 0 atom stereocenters. The summed E-state index contributed by atoms with van der Waals surface area (Å²) < 4.78 is 24.9. The summed E-state index contributed by atoms with van der Waals surface area (Å²) in [5.74, 6) is 0.